The molecule has 1 aliphatic rings. The molecule has 1 aliphatic heterocycles. The fourth-order valence-electron chi connectivity index (χ4n) is 2.56. The Morgan fingerprint density at radius 2 is 2.09 bits per heavy atom. The Labute approximate surface area is 128 Å². The molecule has 120 valence electrons. The number of carbonyl (C=O) groups is 2. The van der Waals surface area contributed by atoms with E-state index in [1.165, 1.54) is 12.1 Å². The lowest BCUT2D eigenvalue weighted by Crippen LogP contribution is -2.48. The average molecular weight is 309 g/mol. The molecule has 2 unspecified atom stereocenters. The summed E-state index contributed by atoms with van der Waals surface area (Å²) in [4.78, 5) is 23.3. The van der Waals surface area contributed by atoms with Crippen molar-refractivity contribution in [3.8, 4) is 0 Å². The van der Waals surface area contributed by atoms with Crippen LogP contribution in [-0.2, 0) is 20.7 Å². The third-order valence-corrected chi connectivity index (χ3v) is 3.80. The molecule has 0 radical (unpaired) electrons. The highest BCUT2D eigenvalue weighted by molar-refractivity contribution is 5.83. The van der Waals surface area contributed by atoms with Crippen molar-refractivity contribution >= 4 is 11.9 Å². The van der Waals surface area contributed by atoms with Gasteiger partial charge in [0.2, 0.25) is 5.91 Å². The number of amides is 1. The first-order valence-electron chi connectivity index (χ1n) is 7.40. The van der Waals surface area contributed by atoms with Crippen LogP contribution in [0.15, 0.2) is 24.3 Å². The van der Waals surface area contributed by atoms with Crippen molar-refractivity contribution < 1.29 is 23.8 Å². The van der Waals surface area contributed by atoms with Gasteiger partial charge >= 0.3 is 5.97 Å². The van der Waals surface area contributed by atoms with Gasteiger partial charge in [0, 0.05) is 18.9 Å². The number of rotatable bonds is 6. The summed E-state index contributed by atoms with van der Waals surface area (Å²) in [6.07, 6.45) is 2.15. The van der Waals surface area contributed by atoms with Crippen molar-refractivity contribution in [2.24, 2.45) is 5.92 Å². The smallest absolute Gasteiger partial charge is 0.326 e. The van der Waals surface area contributed by atoms with Crippen LogP contribution in [0.25, 0.3) is 0 Å². The number of carbonyl (C=O) groups excluding carboxylic acids is 1. The molecule has 1 heterocycles. The van der Waals surface area contributed by atoms with Gasteiger partial charge in [-0.15, -0.1) is 0 Å². The lowest BCUT2D eigenvalue weighted by Gasteiger charge is -2.28. The number of ether oxygens (including phenoxy) is 1. The minimum absolute atomic E-state index is 0.170. The van der Waals surface area contributed by atoms with Gasteiger partial charge in [0.25, 0.3) is 0 Å². The first-order valence-corrected chi connectivity index (χ1v) is 7.40. The summed E-state index contributed by atoms with van der Waals surface area (Å²) in [6, 6.07) is 5.00. The van der Waals surface area contributed by atoms with Gasteiger partial charge in [-0.3, -0.25) is 4.79 Å². The van der Waals surface area contributed by atoms with E-state index in [2.05, 4.69) is 5.32 Å². The summed E-state index contributed by atoms with van der Waals surface area (Å²) >= 11 is 0. The van der Waals surface area contributed by atoms with Crippen molar-refractivity contribution in [3.63, 3.8) is 0 Å². The van der Waals surface area contributed by atoms with Gasteiger partial charge in [0.15, 0.2) is 0 Å². The van der Waals surface area contributed by atoms with E-state index in [0.29, 0.717) is 19.6 Å². The topological polar surface area (TPSA) is 75.6 Å². The van der Waals surface area contributed by atoms with E-state index >= 15 is 0 Å². The van der Waals surface area contributed by atoms with E-state index in [-0.39, 0.29) is 24.1 Å². The van der Waals surface area contributed by atoms with Gasteiger partial charge in [-0.1, -0.05) is 12.1 Å². The summed E-state index contributed by atoms with van der Waals surface area (Å²) in [5.41, 5.74) is 0.837. The zero-order valence-corrected chi connectivity index (χ0v) is 12.3. The minimum Gasteiger partial charge on any atom is -0.480 e. The molecule has 6 heteroatoms. The van der Waals surface area contributed by atoms with Crippen LogP contribution in [0.1, 0.15) is 24.8 Å². The normalized spacial score (nSPS) is 19.4. The Morgan fingerprint density at radius 1 is 1.36 bits per heavy atom. The third kappa shape index (κ3) is 4.80. The molecule has 0 aromatic heterocycles. The first-order chi connectivity index (χ1) is 10.6. The molecule has 2 N–H and O–H groups in total. The van der Waals surface area contributed by atoms with Gasteiger partial charge in [-0.05, 0) is 37.0 Å². The quantitative estimate of drug-likeness (QED) is 0.839. The van der Waals surface area contributed by atoms with Gasteiger partial charge < -0.3 is 15.2 Å². The second-order valence-corrected chi connectivity index (χ2v) is 5.49. The van der Waals surface area contributed by atoms with E-state index in [9.17, 15) is 19.1 Å². The zero-order chi connectivity index (χ0) is 15.9. The number of carboxylic acid groups (broad SMARTS) is 1. The van der Waals surface area contributed by atoms with Crippen LogP contribution in [0.2, 0.25) is 0 Å². The molecule has 1 aromatic carbocycles. The Morgan fingerprint density at radius 3 is 2.68 bits per heavy atom. The highest BCUT2D eigenvalue weighted by Crippen LogP contribution is 2.18. The van der Waals surface area contributed by atoms with Crippen molar-refractivity contribution in [1.29, 1.82) is 0 Å². The van der Waals surface area contributed by atoms with Crippen LogP contribution >= 0.6 is 0 Å². The fraction of sp³-hybridized carbons (Fsp3) is 0.500. The fourth-order valence-corrected chi connectivity index (χ4v) is 2.56. The van der Waals surface area contributed by atoms with Crippen molar-refractivity contribution in [2.75, 3.05) is 13.2 Å². The van der Waals surface area contributed by atoms with Crippen LogP contribution in [0.3, 0.4) is 0 Å². The minimum atomic E-state index is -1.04. The van der Waals surface area contributed by atoms with E-state index in [0.717, 1.165) is 18.4 Å². The SMILES string of the molecule is O=C(CCc1ccc(F)cc1)NC(C(=O)O)C1CCCOC1. The summed E-state index contributed by atoms with van der Waals surface area (Å²) in [6.45, 7) is 0.997. The molecule has 22 heavy (non-hydrogen) atoms. The Hall–Kier alpha value is -1.95. The Kier molecular flexibility index (Phi) is 5.89. The Balaban J connectivity index is 1.85. The molecule has 0 saturated carbocycles. The molecule has 5 nitrogen and oxygen atoms in total. The predicted octanol–water partition coefficient (Wildman–Crippen LogP) is 1.75. The lowest BCUT2D eigenvalue weighted by atomic mass is 9.93. The van der Waals surface area contributed by atoms with Crippen LogP contribution < -0.4 is 5.32 Å². The number of carboxylic acids is 1. The number of halogens is 1. The predicted molar refractivity (Wildman–Crippen MR) is 77.8 cm³/mol. The molecule has 0 bridgehead atoms. The largest absolute Gasteiger partial charge is 0.480 e. The second-order valence-electron chi connectivity index (χ2n) is 5.49. The monoisotopic (exact) mass is 309 g/mol. The number of benzene rings is 1. The molecule has 1 amide bonds. The molecule has 1 saturated heterocycles. The van der Waals surface area contributed by atoms with E-state index in [1.807, 2.05) is 0 Å². The maximum Gasteiger partial charge on any atom is 0.326 e. The highest BCUT2D eigenvalue weighted by atomic mass is 19.1. The molecule has 0 spiro atoms. The average Bonchev–Trinajstić information content (AvgIpc) is 2.52. The number of aryl methyl sites for hydroxylation is 1. The molecular weight excluding hydrogens is 289 g/mol. The first kappa shape index (κ1) is 16.4. The van der Waals surface area contributed by atoms with E-state index < -0.39 is 12.0 Å². The van der Waals surface area contributed by atoms with Crippen LogP contribution in [0, 0.1) is 11.7 Å². The van der Waals surface area contributed by atoms with Crippen molar-refractivity contribution in [3.05, 3.63) is 35.6 Å². The molecule has 1 aromatic rings. The van der Waals surface area contributed by atoms with Crippen LogP contribution in [-0.4, -0.2) is 36.2 Å². The standard InChI is InChI=1S/C16H20FNO4/c17-13-6-3-11(4-7-13)5-8-14(19)18-15(16(20)21)12-2-1-9-22-10-12/h3-4,6-7,12,15H,1-2,5,8-10H2,(H,18,19)(H,20,21). The summed E-state index contributed by atoms with van der Waals surface area (Å²) in [5.74, 6) is -1.87. The second kappa shape index (κ2) is 7.89. The molecular formula is C16H20FNO4. The lowest BCUT2D eigenvalue weighted by molar-refractivity contribution is -0.145. The van der Waals surface area contributed by atoms with Gasteiger partial charge in [0.1, 0.15) is 11.9 Å². The van der Waals surface area contributed by atoms with Gasteiger partial charge in [0.05, 0.1) is 6.61 Å². The zero-order valence-electron chi connectivity index (χ0n) is 12.3. The number of aliphatic carboxylic acids is 1. The molecule has 2 atom stereocenters. The Bertz CT molecular complexity index is 511. The highest BCUT2D eigenvalue weighted by Gasteiger charge is 2.31. The summed E-state index contributed by atoms with van der Waals surface area (Å²) in [5, 5.41) is 11.9. The van der Waals surface area contributed by atoms with Crippen LogP contribution in [0.4, 0.5) is 4.39 Å². The number of hydrogen-bond acceptors (Lipinski definition) is 3. The van der Waals surface area contributed by atoms with Crippen molar-refractivity contribution in [1.82, 2.24) is 5.32 Å². The summed E-state index contributed by atoms with van der Waals surface area (Å²) < 4.78 is 18.1. The maximum atomic E-state index is 12.8. The number of hydrogen-bond donors (Lipinski definition) is 2. The summed E-state index contributed by atoms with van der Waals surface area (Å²) in [7, 11) is 0. The van der Waals surface area contributed by atoms with Gasteiger partial charge in [-0.2, -0.15) is 0 Å². The maximum absolute atomic E-state index is 12.8. The number of nitrogens with one attached hydrogen (secondary N) is 1. The van der Waals surface area contributed by atoms with Gasteiger partial charge in [-0.25, -0.2) is 9.18 Å². The van der Waals surface area contributed by atoms with E-state index in [4.69, 9.17) is 4.74 Å². The van der Waals surface area contributed by atoms with Crippen molar-refractivity contribution in [2.45, 2.75) is 31.7 Å². The molecule has 1 fully saturated rings. The molecule has 2 rings (SSSR count). The molecule has 0 aliphatic carbocycles. The van der Waals surface area contributed by atoms with E-state index in [1.54, 1.807) is 12.1 Å². The van der Waals surface area contributed by atoms with Crippen LogP contribution in [0.5, 0.6) is 0 Å². The third-order valence-electron chi connectivity index (χ3n) is 3.80.